The lowest BCUT2D eigenvalue weighted by atomic mass is 9.86. The van der Waals surface area contributed by atoms with Gasteiger partial charge in [0.15, 0.2) is 5.76 Å². The van der Waals surface area contributed by atoms with Crippen LogP contribution in [0.3, 0.4) is 0 Å². The number of carbonyl (C=O) groups excluding carboxylic acids is 1. The van der Waals surface area contributed by atoms with Gasteiger partial charge in [-0.2, -0.15) is 0 Å². The van der Waals surface area contributed by atoms with Gasteiger partial charge < -0.3 is 5.11 Å². The van der Waals surface area contributed by atoms with E-state index in [1.54, 1.807) is 6.08 Å². The lowest BCUT2D eigenvalue weighted by Gasteiger charge is -2.19. The normalized spacial score (nSPS) is 14.5. The van der Waals surface area contributed by atoms with Crippen molar-refractivity contribution in [3.63, 3.8) is 0 Å². The first-order valence-electron chi connectivity index (χ1n) is 14.0. The fraction of sp³-hybridized carbons (Fsp3) is 0.545. The number of aliphatic hydroxyl groups is 1. The van der Waals surface area contributed by atoms with Gasteiger partial charge >= 0.3 is 0 Å². The van der Waals surface area contributed by atoms with Gasteiger partial charge in [0, 0.05) is 5.56 Å². The van der Waals surface area contributed by atoms with Gasteiger partial charge in [-0.25, -0.2) is 0 Å². The molecule has 0 bridgehead atoms. The average molecular weight is 477 g/mol. The number of aliphatic hydroxyl groups excluding tert-OH is 1. The number of rotatable bonds is 15. The molecule has 0 aliphatic rings. The SMILES string of the molecule is CCCCC(C)c1ccc(C(C)CCCC)c(/C=C(\O)C(=O)c2ccccc2C(C)CCCC)c1. The van der Waals surface area contributed by atoms with E-state index in [2.05, 4.69) is 59.7 Å². The summed E-state index contributed by atoms with van der Waals surface area (Å²) >= 11 is 0. The van der Waals surface area contributed by atoms with Crippen molar-refractivity contribution >= 4 is 11.9 Å². The van der Waals surface area contributed by atoms with Crippen LogP contribution in [0, 0.1) is 0 Å². The van der Waals surface area contributed by atoms with Gasteiger partial charge in [-0.15, -0.1) is 0 Å². The Morgan fingerprint density at radius 3 is 1.91 bits per heavy atom. The maximum atomic E-state index is 13.4. The molecule has 0 aliphatic heterocycles. The summed E-state index contributed by atoms with van der Waals surface area (Å²) in [5, 5.41) is 11.1. The first-order chi connectivity index (χ1) is 16.8. The number of benzene rings is 2. The Bertz CT molecular complexity index is 955. The molecule has 0 aromatic heterocycles. The summed E-state index contributed by atoms with van der Waals surface area (Å²) < 4.78 is 0. The predicted octanol–water partition coefficient (Wildman–Crippen LogP) is 10.3. The minimum absolute atomic E-state index is 0.164. The van der Waals surface area contributed by atoms with Gasteiger partial charge in [-0.05, 0) is 65.3 Å². The van der Waals surface area contributed by atoms with Crippen LogP contribution in [0.25, 0.3) is 6.08 Å². The van der Waals surface area contributed by atoms with E-state index in [0.29, 0.717) is 17.4 Å². The van der Waals surface area contributed by atoms with Gasteiger partial charge in [0.05, 0.1) is 0 Å². The smallest absolute Gasteiger partial charge is 0.227 e. The fourth-order valence-corrected chi connectivity index (χ4v) is 4.97. The van der Waals surface area contributed by atoms with E-state index in [1.807, 2.05) is 24.3 Å². The maximum Gasteiger partial charge on any atom is 0.227 e. The molecule has 3 atom stereocenters. The number of hydrogen-bond acceptors (Lipinski definition) is 2. The Morgan fingerprint density at radius 2 is 1.31 bits per heavy atom. The van der Waals surface area contributed by atoms with E-state index >= 15 is 0 Å². The molecule has 2 aromatic rings. The first kappa shape index (κ1) is 28.9. The Labute approximate surface area is 214 Å². The molecule has 0 saturated carbocycles. The number of allylic oxidation sites excluding steroid dienone is 1. The van der Waals surface area contributed by atoms with Gasteiger partial charge in [0.1, 0.15) is 0 Å². The maximum absolute atomic E-state index is 13.4. The molecule has 192 valence electrons. The molecule has 0 amide bonds. The van der Waals surface area contributed by atoms with Crippen molar-refractivity contribution in [2.45, 2.75) is 117 Å². The molecule has 3 unspecified atom stereocenters. The summed E-state index contributed by atoms with van der Waals surface area (Å²) in [6.07, 6.45) is 12.0. The van der Waals surface area contributed by atoms with Crippen molar-refractivity contribution < 1.29 is 9.90 Å². The second-order valence-electron chi connectivity index (χ2n) is 10.5. The van der Waals surface area contributed by atoms with Crippen LogP contribution < -0.4 is 0 Å². The van der Waals surface area contributed by atoms with E-state index in [9.17, 15) is 9.90 Å². The summed E-state index contributed by atoms with van der Waals surface area (Å²) in [4.78, 5) is 13.4. The Hall–Kier alpha value is -2.35. The molecule has 1 N–H and O–H groups in total. The molecule has 2 rings (SSSR count). The van der Waals surface area contributed by atoms with Crippen molar-refractivity contribution in [2.75, 3.05) is 0 Å². The quantitative estimate of drug-likeness (QED) is 0.158. The third kappa shape index (κ3) is 8.37. The molecule has 0 heterocycles. The van der Waals surface area contributed by atoms with Gasteiger partial charge in [0.2, 0.25) is 5.78 Å². The highest BCUT2D eigenvalue weighted by Crippen LogP contribution is 2.32. The van der Waals surface area contributed by atoms with Crippen molar-refractivity contribution in [2.24, 2.45) is 0 Å². The number of hydrogen-bond donors (Lipinski definition) is 1. The highest BCUT2D eigenvalue weighted by molar-refractivity contribution is 6.10. The molecule has 35 heavy (non-hydrogen) atoms. The second-order valence-corrected chi connectivity index (χ2v) is 10.5. The van der Waals surface area contributed by atoms with Crippen LogP contribution in [-0.4, -0.2) is 10.9 Å². The van der Waals surface area contributed by atoms with Gasteiger partial charge in [0.25, 0.3) is 0 Å². The molecular formula is C33H48O2. The zero-order valence-corrected chi connectivity index (χ0v) is 23.1. The molecule has 0 fully saturated rings. The van der Waals surface area contributed by atoms with Crippen LogP contribution in [0.4, 0.5) is 0 Å². The predicted molar refractivity (Wildman–Crippen MR) is 152 cm³/mol. The van der Waals surface area contributed by atoms with Crippen LogP contribution in [0.2, 0.25) is 0 Å². The van der Waals surface area contributed by atoms with Crippen molar-refractivity contribution in [3.8, 4) is 0 Å². The third-order valence-corrected chi connectivity index (χ3v) is 7.44. The molecule has 0 spiro atoms. The molecule has 0 aliphatic carbocycles. The highest BCUT2D eigenvalue weighted by Gasteiger charge is 2.20. The molecule has 2 nitrogen and oxygen atoms in total. The monoisotopic (exact) mass is 476 g/mol. The Kier molecular flexibility index (Phi) is 12.3. The van der Waals surface area contributed by atoms with E-state index in [0.717, 1.165) is 43.2 Å². The molecular weight excluding hydrogens is 428 g/mol. The Morgan fingerprint density at radius 1 is 0.771 bits per heavy atom. The fourth-order valence-electron chi connectivity index (χ4n) is 4.97. The second kappa shape index (κ2) is 14.9. The van der Waals surface area contributed by atoms with Crippen LogP contribution in [0.15, 0.2) is 48.2 Å². The van der Waals surface area contributed by atoms with Crippen LogP contribution in [0.1, 0.15) is 150 Å². The lowest BCUT2D eigenvalue weighted by Crippen LogP contribution is -2.09. The van der Waals surface area contributed by atoms with Crippen molar-refractivity contribution in [3.05, 3.63) is 76.0 Å². The molecule has 0 radical (unpaired) electrons. The summed E-state index contributed by atoms with van der Waals surface area (Å²) in [7, 11) is 0. The largest absolute Gasteiger partial charge is 0.504 e. The molecule has 2 heteroatoms. The third-order valence-electron chi connectivity index (χ3n) is 7.44. The van der Waals surface area contributed by atoms with E-state index in [4.69, 9.17) is 0 Å². The average Bonchev–Trinajstić information content (AvgIpc) is 2.88. The first-order valence-corrected chi connectivity index (χ1v) is 14.0. The molecule has 0 saturated heterocycles. The van der Waals surface area contributed by atoms with Gasteiger partial charge in [-0.3, -0.25) is 4.79 Å². The van der Waals surface area contributed by atoms with Crippen molar-refractivity contribution in [1.82, 2.24) is 0 Å². The van der Waals surface area contributed by atoms with Crippen molar-refractivity contribution in [1.29, 1.82) is 0 Å². The van der Waals surface area contributed by atoms with Crippen LogP contribution >= 0.6 is 0 Å². The highest BCUT2D eigenvalue weighted by atomic mass is 16.3. The number of Topliss-reactive ketones (excluding diaryl/α,β-unsaturated/α-hetero) is 1. The van der Waals surface area contributed by atoms with E-state index in [1.165, 1.54) is 36.8 Å². The van der Waals surface area contributed by atoms with Crippen LogP contribution in [-0.2, 0) is 0 Å². The Balaban J connectivity index is 2.45. The van der Waals surface area contributed by atoms with Crippen LogP contribution in [0.5, 0.6) is 0 Å². The summed E-state index contributed by atoms with van der Waals surface area (Å²) in [5.74, 6) is 0.684. The summed E-state index contributed by atoms with van der Waals surface area (Å²) in [6.45, 7) is 13.3. The number of unbranched alkanes of at least 4 members (excludes halogenated alkanes) is 3. The summed E-state index contributed by atoms with van der Waals surface area (Å²) in [6, 6.07) is 14.5. The zero-order valence-electron chi connectivity index (χ0n) is 23.1. The standard InChI is InChI=1S/C33H48O2/c1-7-10-15-24(4)27-20-21-29(25(5)16-11-8-2)28(22-27)23-32(34)33(35)31-19-14-13-18-30(31)26(6)17-12-9-3/h13-14,18-26,34H,7-12,15-17H2,1-6H3/b32-23-. The molecule has 2 aromatic carbocycles. The minimum Gasteiger partial charge on any atom is -0.504 e. The summed E-state index contributed by atoms with van der Waals surface area (Å²) in [5.41, 5.74) is 5.14. The van der Waals surface area contributed by atoms with E-state index in [-0.39, 0.29) is 17.5 Å². The number of carbonyl (C=O) groups is 1. The van der Waals surface area contributed by atoms with Gasteiger partial charge in [-0.1, -0.05) is 123 Å². The zero-order chi connectivity index (χ0) is 25.8. The lowest BCUT2D eigenvalue weighted by molar-refractivity contribution is 0.0979. The minimum atomic E-state index is -0.277. The number of ketones is 1. The topological polar surface area (TPSA) is 37.3 Å². The van der Waals surface area contributed by atoms with E-state index < -0.39 is 0 Å².